The molecule has 2 N–H and O–H groups in total. The fraction of sp³-hybridized carbons (Fsp3) is 0.588. The van der Waals surface area contributed by atoms with Gasteiger partial charge in [0, 0.05) is 26.7 Å². The zero-order valence-corrected chi connectivity index (χ0v) is 18.7. The number of nitrogens with one attached hydrogen (secondary N) is 2. The molecule has 148 valence electrons. The Morgan fingerprint density at radius 2 is 2.08 bits per heavy atom. The Kier molecular flexibility index (Phi) is 9.83. The van der Waals surface area contributed by atoms with Crippen LogP contribution in [0, 0.1) is 6.92 Å². The highest BCUT2D eigenvalue weighted by atomic mass is 127. The summed E-state index contributed by atoms with van der Waals surface area (Å²) in [5.41, 5.74) is 2.43. The molecule has 0 aliphatic carbocycles. The van der Waals surface area contributed by atoms with E-state index >= 15 is 0 Å². The van der Waals surface area contributed by atoms with Crippen LogP contribution in [-0.2, 0) is 14.8 Å². The summed E-state index contributed by atoms with van der Waals surface area (Å²) in [5.74, 6) is 0.821. The fourth-order valence-corrected chi connectivity index (χ4v) is 3.37. The first-order valence-corrected chi connectivity index (χ1v) is 10.4. The normalized spacial score (nSPS) is 18.3. The highest BCUT2D eigenvalue weighted by Crippen LogP contribution is 2.24. The average molecular weight is 496 g/mol. The number of aryl methyl sites for hydroxylation is 1. The first-order chi connectivity index (χ1) is 11.9. The van der Waals surface area contributed by atoms with Crippen LogP contribution in [0.5, 0.6) is 0 Å². The summed E-state index contributed by atoms with van der Waals surface area (Å²) >= 11 is 0. The van der Waals surface area contributed by atoms with E-state index in [9.17, 15) is 8.42 Å². The van der Waals surface area contributed by atoms with Crippen LogP contribution in [0.25, 0.3) is 0 Å². The van der Waals surface area contributed by atoms with Crippen molar-refractivity contribution in [3.8, 4) is 0 Å². The second-order valence-corrected chi connectivity index (χ2v) is 7.99. The summed E-state index contributed by atoms with van der Waals surface area (Å²) < 4.78 is 30.5. The minimum atomic E-state index is -3.13. The fourth-order valence-electron chi connectivity index (χ4n) is 2.86. The van der Waals surface area contributed by atoms with Gasteiger partial charge in [0.2, 0.25) is 10.0 Å². The lowest BCUT2D eigenvalue weighted by Gasteiger charge is -2.35. The monoisotopic (exact) mass is 496 g/mol. The van der Waals surface area contributed by atoms with Gasteiger partial charge in [-0.05, 0) is 24.5 Å². The zero-order chi connectivity index (χ0) is 18.3. The number of hydrogen-bond donors (Lipinski definition) is 2. The SMILES string of the molecule is CN=C(NCCCNS(C)(=O)=O)N1CCOC(c2ccccc2C)C1.I. The molecule has 0 bridgehead atoms. The van der Waals surface area contributed by atoms with E-state index in [4.69, 9.17) is 4.74 Å². The van der Waals surface area contributed by atoms with Gasteiger partial charge in [-0.2, -0.15) is 0 Å². The van der Waals surface area contributed by atoms with E-state index in [0.717, 1.165) is 19.0 Å². The van der Waals surface area contributed by atoms with Gasteiger partial charge in [-0.3, -0.25) is 4.99 Å². The van der Waals surface area contributed by atoms with Gasteiger partial charge < -0.3 is 15.0 Å². The smallest absolute Gasteiger partial charge is 0.208 e. The van der Waals surface area contributed by atoms with Crippen molar-refractivity contribution in [2.24, 2.45) is 4.99 Å². The molecule has 1 fully saturated rings. The molecule has 1 aliphatic rings. The Hall–Kier alpha value is -0.910. The number of aliphatic imine (C=N–C) groups is 1. The average Bonchev–Trinajstić information content (AvgIpc) is 2.58. The molecule has 0 aromatic heterocycles. The maximum Gasteiger partial charge on any atom is 0.208 e. The standard InChI is InChI=1S/C17H28N4O3S.HI/c1-14-7-4-5-8-15(14)16-13-21(11-12-24-16)17(18-2)19-9-6-10-20-25(3,22)23;/h4-5,7-8,16,20H,6,9-13H2,1-3H3,(H,18,19);1H. The predicted octanol–water partition coefficient (Wildman–Crippen LogP) is 1.50. The topological polar surface area (TPSA) is 83.0 Å². The van der Waals surface area contributed by atoms with Crippen LogP contribution in [0.4, 0.5) is 0 Å². The lowest BCUT2D eigenvalue weighted by Crippen LogP contribution is -2.48. The third kappa shape index (κ3) is 7.37. The van der Waals surface area contributed by atoms with Gasteiger partial charge in [0.05, 0.1) is 19.4 Å². The largest absolute Gasteiger partial charge is 0.370 e. The van der Waals surface area contributed by atoms with Crippen LogP contribution in [0.15, 0.2) is 29.3 Å². The van der Waals surface area contributed by atoms with Crippen molar-refractivity contribution in [1.82, 2.24) is 14.9 Å². The van der Waals surface area contributed by atoms with E-state index in [2.05, 4.69) is 39.0 Å². The molecule has 0 saturated carbocycles. The van der Waals surface area contributed by atoms with Crippen molar-refractivity contribution < 1.29 is 13.2 Å². The second-order valence-electron chi connectivity index (χ2n) is 6.16. The van der Waals surface area contributed by atoms with Crippen LogP contribution in [-0.4, -0.2) is 65.4 Å². The number of guanidine groups is 1. The van der Waals surface area contributed by atoms with E-state index in [1.165, 1.54) is 17.4 Å². The Labute approximate surface area is 173 Å². The first-order valence-electron chi connectivity index (χ1n) is 8.48. The summed E-state index contributed by atoms with van der Waals surface area (Å²) in [6.45, 7) is 5.34. The Morgan fingerprint density at radius 3 is 2.73 bits per heavy atom. The number of nitrogens with zero attached hydrogens (tertiary/aromatic N) is 2. The van der Waals surface area contributed by atoms with Crippen LogP contribution >= 0.6 is 24.0 Å². The maximum atomic E-state index is 11.1. The number of sulfonamides is 1. The van der Waals surface area contributed by atoms with Crippen molar-refractivity contribution in [3.63, 3.8) is 0 Å². The summed E-state index contributed by atoms with van der Waals surface area (Å²) in [6, 6.07) is 8.27. The van der Waals surface area contributed by atoms with Gasteiger partial charge in [-0.15, -0.1) is 24.0 Å². The molecule has 1 aromatic carbocycles. The van der Waals surface area contributed by atoms with E-state index in [1.807, 2.05) is 12.1 Å². The molecule has 9 heteroatoms. The van der Waals surface area contributed by atoms with Gasteiger partial charge in [0.25, 0.3) is 0 Å². The van der Waals surface area contributed by atoms with Gasteiger partial charge in [-0.1, -0.05) is 24.3 Å². The van der Waals surface area contributed by atoms with Gasteiger partial charge in [0.15, 0.2) is 5.96 Å². The molecular weight excluding hydrogens is 467 g/mol. The molecule has 1 aromatic rings. The van der Waals surface area contributed by atoms with Crippen LogP contribution < -0.4 is 10.0 Å². The molecule has 0 spiro atoms. The molecule has 1 atom stereocenters. The molecule has 2 rings (SSSR count). The highest BCUT2D eigenvalue weighted by Gasteiger charge is 2.24. The summed E-state index contributed by atoms with van der Waals surface area (Å²) in [4.78, 5) is 6.53. The molecule has 1 saturated heterocycles. The van der Waals surface area contributed by atoms with Gasteiger partial charge >= 0.3 is 0 Å². The number of morpholine rings is 1. The first kappa shape index (κ1) is 23.1. The number of benzene rings is 1. The predicted molar refractivity (Wildman–Crippen MR) is 116 cm³/mol. The Balaban J connectivity index is 0.00000338. The van der Waals surface area contributed by atoms with Gasteiger partial charge in [0.1, 0.15) is 6.10 Å². The lowest BCUT2D eigenvalue weighted by atomic mass is 10.0. The molecule has 26 heavy (non-hydrogen) atoms. The number of halogens is 1. The van der Waals surface area contributed by atoms with E-state index in [1.54, 1.807) is 7.05 Å². The number of rotatable bonds is 6. The van der Waals surface area contributed by atoms with Crippen molar-refractivity contribution in [2.45, 2.75) is 19.4 Å². The van der Waals surface area contributed by atoms with Crippen molar-refractivity contribution >= 4 is 40.0 Å². The van der Waals surface area contributed by atoms with Crippen molar-refractivity contribution in [2.75, 3.05) is 46.1 Å². The molecule has 0 radical (unpaired) electrons. The van der Waals surface area contributed by atoms with Crippen LogP contribution in [0.2, 0.25) is 0 Å². The molecule has 1 aliphatic heterocycles. The molecule has 1 unspecified atom stereocenters. The van der Waals surface area contributed by atoms with Crippen molar-refractivity contribution in [1.29, 1.82) is 0 Å². The molecule has 0 amide bonds. The maximum absolute atomic E-state index is 11.1. The number of hydrogen-bond acceptors (Lipinski definition) is 4. The summed E-state index contributed by atoms with van der Waals surface area (Å²) in [5, 5.41) is 3.30. The zero-order valence-electron chi connectivity index (χ0n) is 15.6. The van der Waals surface area contributed by atoms with Crippen LogP contribution in [0.3, 0.4) is 0 Å². The minimum absolute atomic E-state index is 0. The van der Waals surface area contributed by atoms with Crippen LogP contribution in [0.1, 0.15) is 23.7 Å². The third-order valence-corrected chi connectivity index (χ3v) is 4.84. The summed E-state index contributed by atoms with van der Waals surface area (Å²) in [7, 11) is -1.37. The molecule has 1 heterocycles. The molecular formula is C17H29IN4O3S. The van der Waals surface area contributed by atoms with E-state index < -0.39 is 10.0 Å². The minimum Gasteiger partial charge on any atom is -0.370 e. The van der Waals surface area contributed by atoms with Gasteiger partial charge in [-0.25, -0.2) is 13.1 Å². The molecule has 7 nitrogen and oxygen atoms in total. The highest BCUT2D eigenvalue weighted by molar-refractivity contribution is 14.0. The lowest BCUT2D eigenvalue weighted by molar-refractivity contribution is -0.00830. The number of ether oxygens (including phenoxy) is 1. The Morgan fingerprint density at radius 1 is 1.35 bits per heavy atom. The third-order valence-electron chi connectivity index (χ3n) is 4.11. The second kappa shape index (κ2) is 11.1. The Bertz CT molecular complexity index is 697. The van der Waals surface area contributed by atoms with E-state index in [0.29, 0.717) is 26.1 Å². The van der Waals surface area contributed by atoms with E-state index in [-0.39, 0.29) is 30.1 Å². The quantitative estimate of drug-likeness (QED) is 0.270. The summed E-state index contributed by atoms with van der Waals surface area (Å²) in [6.07, 6.45) is 1.89. The van der Waals surface area contributed by atoms with Crippen molar-refractivity contribution in [3.05, 3.63) is 35.4 Å².